The third-order valence-corrected chi connectivity index (χ3v) is 6.03. The summed E-state index contributed by atoms with van der Waals surface area (Å²) in [6, 6.07) is 0. The van der Waals surface area contributed by atoms with E-state index in [1.165, 1.54) is 57.8 Å². The predicted molar refractivity (Wildman–Crippen MR) is 78.5 cm³/mol. The molecule has 0 saturated heterocycles. The fourth-order valence-electron chi connectivity index (χ4n) is 4.83. The Hall–Kier alpha value is -0.260. The average Bonchev–Trinajstić information content (AvgIpc) is 2.68. The molecule has 0 N–H and O–H groups in total. The highest BCUT2D eigenvalue weighted by atomic mass is 14.4. The minimum Gasteiger partial charge on any atom is -0.0707 e. The molecule has 0 heterocycles. The van der Waals surface area contributed by atoms with Crippen molar-refractivity contribution in [1.82, 2.24) is 0 Å². The van der Waals surface area contributed by atoms with Crippen molar-refractivity contribution >= 4 is 0 Å². The molecule has 0 aromatic rings. The molecular formula is C18H30. The van der Waals surface area contributed by atoms with E-state index < -0.39 is 0 Å². The van der Waals surface area contributed by atoms with Crippen LogP contribution in [0.4, 0.5) is 0 Å². The van der Waals surface area contributed by atoms with Crippen LogP contribution in [0.2, 0.25) is 0 Å². The van der Waals surface area contributed by atoms with Crippen LogP contribution in [0, 0.1) is 23.7 Å². The van der Waals surface area contributed by atoms with Gasteiger partial charge in [0.05, 0.1) is 0 Å². The molecule has 102 valence electrons. The first-order valence-electron chi connectivity index (χ1n) is 8.46. The molecule has 3 aliphatic carbocycles. The van der Waals surface area contributed by atoms with Gasteiger partial charge in [0.2, 0.25) is 0 Å². The molecule has 18 heavy (non-hydrogen) atoms. The highest BCUT2D eigenvalue weighted by Crippen LogP contribution is 2.50. The van der Waals surface area contributed by atoms with Crippen molar-refractivity contribution in [2.45, 2.75) is 78.1 Å². The highest BCUT2D eigenvalue weighted by molar-refractivity contribution is 5.25. The van der Waals surface area contributed by atoms with Gasteiger partial charge in [-0.1, -0.05) is 44.3 Å². The third kappa shape index (κ3) is 2.40. The van der Waals surface area contributed by atoms with E-state index in [0.29, 0.717) is 0 Å². The molecule has 0 radical (unpaired) electrons. The zero-order valence-electron chi connectivity index (χ0n) is 12.4. The molecule has 0 spiro atoms. The standard InChI is InChI=1S/C18H30/c1-13(2)17-10-5-3-4-7-15-11-16(17)12-18(15)14-8-6-9-14/h13,15-17H,3-12H2,1-2H3. The Morgan fingerprint density at radius 2 is 1.72 bits per heavy atom. The monoisotopic (exact) mass is 246 g/mol. The van der Waals surface area contributed by atoms with Crippen LogP contribution in [0.3, 0.4) is 0 Å². The molecule has 0 aromatic heterocycles. The van der Waals surface area contributed by atoms with Gasteiger partial charge in [0.25, 0.3) is 0 Å². The molecule has 2 bridgehead atoms. The summed E-state index contributed by atoms with van der Waals surface area (Å²) >= 11 is 0. The smallest absolute Gasteiger partial charge is 0.0198 e. The maximum atomic E-state index is 2.46. The van der Waals surface area contributed by atoms with Gasteiger partial charge in [0.1, 0.15) is 0 Å². The SMILES string of the molecule is CC(C)C1CCCCCC2CC1CC2=C1CCC1. The van der Waals surface area contributed by atoms with Crippen molar-refractivity contribution in [3.05, 3.63) is 11.1 Å². The summed E-state index contributed by atoms with van der Waals surface area (Å²) in [5, 5.41) is 0. The Bertz CT molecular complexity index is 317. The lowest BCUT2D eigenvalue weighted by Gasteiger charge is -2.27. The molecule has 0 amide bonds. The van der Waals surface area contributed by atoms with Gasteiger partial charge in [-0.05, 0) is 68.6 Å². The number of rotatable bonds is 1. The molecule has 3 atom stereocenters. The Labute approximate surface area is 113 Å². The molecule has 0 nitrogen and oxygen atoms in total. The van der Waals surface area contributed by atoms with E-state index in [4.69, 9.17) is 0 Å². The van der Waals surface area contributed by atoms with Gasteiger partial charge in [-0.25, -0.2) is 0 Å². The Morgan fingerprint density at radius 3 is 2.39 bits per heavy atom. The lowest BCUT2D eigenvalue weighted by Crippen LogP contribution is -2.18. The molecule has 3 unspecified atom stereocenters. The topological polar surface area (TPSA) is 0 Å². The van der Waals surface area contributed by atoms with Crippen LogP contribution in [-0.2, 0) is 0 Å². The minimum atomic E-state index is 0.902. The fourth-order valence-corrected chi connectivity index (χ4v) is 4.83. The van der Waals surface area contributed by atoms with Crippen LogP contribution in [0.25, 0.3) is 0 Å². The van der Waals surface area contributed by atoms with Gasteiger partial charge in [-0.2, -0.15) is 0 Å². The fraction of sp³-hybridized carbons (Fsp3) is 0.889. The highest BCUT2D eigenvalue weighted by Gasteiger charge is 2.37. The van der Waals surface area contributed by atoms with E-state index in [1.54, 1.807) is 6.42 Å². The summed E-state index contributed by atoms with van der Waals surface area (Å²) in [6.07, 6.45) is 14.9. The van der Waals surface area contributed by atoms with Gasteiger partial charge in [-0.3, -0.25) is 0 Å². The van der Waals surface area contributed by atoms with E-state index in [1.807, 2.05) is 11.1 Å². The summed E-state index contributed by atoms with van der Waals surface area (Å²) in [5.41, 5.74) is 3.85. The largest absolute Gasteiger partial charge is 0.0707 e. The second-order valence-electron chi connectivity index (χ2n) is 7.43. The molecule has 0 aromatic carbocycles. The van der Waals surface area contributed by atoms with Gasteiger partial charge in [0.15, 0.2) is 0 Å². The van der Waals surface area contributed by atoms with Crippen molar-refractivity contribution in [2.24, 2.45) is 23.7 Å². The van der Waals surface area contributed by atoms with Crippen molar-refractivity contribution in [1.29, 1.82) is 0 Å². The summed E-state index contributed by atoms with van der Waals surface area (Å²) in [7, 11) is 0. The van der Waals surface area contributed by atoms with Gasteiger partial charge in [0, 0.05) is 0 Å². The van der Waals surface area contributed by atoms with Crippen LogP contribution in [-0.4, -0.2) is 0 Å². The number of hydrogen-bond donors (Lipinski definition) is 0. The third-order valence-electron chi connectivity index (χ3n) is 6.03. The molecule has 3 rings (SSSR count). The maximum Gasteiger partial charge on any atom is -0.0198 e. The van der Waals surface area contributed by atoms with Crippen LogP contribution in [0.15, 0.2) is 11.1 Å². The van der Waals surface area contributed by atoms with Crippen molar-refractivity contribution < 1.29 is 0 Å². The first-order chi connectivity index (χ1) is 8.75. The van der Waals surface area contributed by atoms with Gasteiger partial charge in [-0.15, -0.1) is 0 Å². The predicted octanol–water partition coefficient (Wildman–Crippen LogP) is 5.73. The molecule has 3 saturated carbocycles. The second kappa shape index (κ2) is 5.39. The summed E-state index contributed by atoms with van der Waals surface area (Å²) in [5.74, 6) is 3.96. The minimum absolute atomic E-state index is 0.902. The van der Waals surface area contributed by atoms with Crippen molar-refractivity contribution in [3.8, 4) is 0 Å². The lowest BCUT2D eigenvalue weighted by molar-refractivity contribution is 0.235. The summed E-state index contributed by atoms with van der Waals surface area (Å²) < 4.78 is 0. The van der Waals surface area contributed by atoms with E-state index in [9.17, 15) is 0 Å². The number of allylic oxidation sites excluding steroid dienone is 2. The molecule has 0 heteroatoms. The first-order valence-corrected chi connectivity index (χ1v) is 8.46. The number of hydrogen-bond acceptors (Lipinski definition) is 0. The van der Waals surface area contributed by atoms with E-state index in [2.05, 4.69) is 13.8 Å². The lowest BCUT2D eigenvalue weighted by atomic mass is 9.78. The van der Waals surface area contributed by atoms with Crippen LogP contribution >= 0.6 is 0 Å². The molecular weight excluding hydrogens is 216 g/mol. The molecule has 3 fully saturated rings. The van der Waals surface area contributed by atoms with Crippen LogP contribution in [0.1, 0.15) is 78.1 Å². The van der Waals surface area contributed by atoms with Crippen LogP contribution < -0.4 is 0 Å². The zero-order valence-corrected chi connectivity index (χ0v) is 12.4. The average molecular weight is 246 g/mol. The Balaban J connectivity index is 1.80. The van der Waals surface area contributed by atoms with Gasteiger partial charge >= 0.3 is 0 Å². The van der Waals surface area contributed by atoms with E-state index in [-0.39, 0.29) is 0 Å². The van der Waals surface area contributed by atoms with E-state index in [0.717, 1.165) is 23.7 Å². The summed E-state index contributed by atoms with van der Waals surface area (Å²) in [4.78, 5) is 0. The first kappa shape index (κ1) is 12.8. The molecule has 0 aliphatic heterocycles. The second-order valence-corrected chi connectivity index (χ2v) is 7.43. The van der Waals surface area contributed by atoms with Crippen molar-refractivity contribution in [3.63, 3.8) is 0 Å². The normalized spacial score (nSPS) is 37.2. The van der Waals surface area contributed by atoms with Gasteiger partial charge < -0.3 is 0 Å². The van der Waals surface area contributed by atoms with E-state index >= 15 is 0 Å². The quantitative estimate of drug-likeness (QED) is 0.518. The van der Waals surface area contributed by atoms with Crippen LogP contribution in [0.5, 0.6) is 0 Å². The maximum absolute atomic E-state index is 2.46. The zero-order chi connectivity index (χ0) is 12.5. The molecule has 3 aliphatic rings. The van der Waals surface area contributed by atoms with Crippen molar-refractivity contribution in [2.75, 3.05) is 0 Å². The number of fused-ring (bicyclic) bond motifs is 2. The Morgan fingerprint density at radius 1 is 0.944 bits per heavy atom. The summed E-state index contributed by atoms with van der Waals surface area (Å²) in [6.45, 7) is 4.93. The Kier molecular flexibility index (Phi) is 3.82.